The predicted molar refractivity (Wildman–Crippen MR) is 132 cm³/mol. The highest BCUT2D eigenvalue weighted by molar-refractivity contribution is 5.42. The molecule has 0 amide bonds. The van der Waals surface area contributed by atoms with Gasteiger partial charge in [0.1, 0.15) is 6.10 Å². The van der Waals surface area contributed by atoms with Gasteiger partial charge in [0.2, 0.25) is 0 Å². The van der Waals surface area contributed by atoms with Crippen molar-refractivity contribution in [2.75, 3.05) is 11.9 Å². The van der Waals surface area contributed by atoms with Crippen molar-refractivity contribution in [2.45, 2.75) is 128 Å². The number of para-hydroxylation sites is 1. The second-order valence-corrected chi connectivity index (χ2v) is 9.73. The summed E-state index contributed by atoms with van der Waals surface area (Å²) in [5.41, 5.74) is 7.60. The number of benzene rings is 1. The SMILES string of the molecule is CCCCCCCCCCCCCC[C@H]1OC(C)(C)O[C@H]1[C@@H](N)CNc1ccccc1. The minimum Gasteiger partial charge on any atom is -0.383 e. The lowest BCUT2D eigenvalue weighted by Gasteiger charge is -2.24. The molecule has 1 aliphatic rings. The summed E-state index contributed by atoms with van der Waals surface area (Å²) in [4.78, 5) is 0. The van der Waals surface area contributed by atoms with Gasteiger partial charge in [0.05, 0.1) is 12.1 Å². The summed E-state index contributed by atoms with van der Waals surface area (Å²) in [5, 5.41) is 3.42. The first kappa shape index (κ1) is 26.2. The second-order valence-electron chi connectivity index (χ2n) is 9.73. The Labute approximate surface area is 191 Å². The van der Waals surface area contributed by atoms with Crippen LogP contribution in [0.4, 0.5) is 5.69 Å². The van der Waals surface area contributed by atoms with Gasteiger partial charge in [-0.25, -0.2) is 0 Å². The lowest BCUT2D eigenvalue weighted by Crippen LogP contribution is -2.46. The van der Waals surface area contributed by atoms with Gasteiger partial charge in [-0.15, -0.1) is 0 Å². The Kier molecular flexibility index (Phi) is 12.5. The highest BCUT2D eigenvalue weighted by atomic mass is 16.8. The molecular formula is C27H48N2O2. The third kappa shape index (κ3) is 10.9. The van der Waals surface area contributed by atoms with E-state index in [2.05, 4.69) is 24.4 Å². The number of unbranched alkanes of at least 4 members (excludes halogenated alkanes) is 11. The minimum atomic E-state index is -0.545. The number of rotatable bonds is 17. The molecule has 178 valence electrons. The molecule has 1 heterocycles. The normalized spacial score (nSPS) is 21.3. The molecular weight excluding hydrogens is 384 g/mol. The first-order chi connectivity index (χ1) is 15.0. The van der Waals surface area contributed by atoms with Crippen LogP contribution in [0.15, 0.2) is 30.3 Å². The molecule has 0 radical (unpaired) electrons. The van der Waals surface area contributed by atoms with Crippen LogP contribution < -0.4 is 11.1 Å². The van der Waals surface area contributed by atoms with Gasteiger partial charge in [-0.3, -0.25) is 0 Å². The maximum Gasteiger partial charge on any atom is 0.163 e. The number of anilines is 1. The van der Waals surface area contributed by atoms with E-state index in [9.17, 15) is 0 Å². The van der Waals surface area contributed by atoms with Gasteiger partial charge in [-0.1, -0.05) is 102 Å². The van der Waals surface area contributed by atoms with Crippen LogP contribution >= 0.6 is 0 Å². The van der Waals surface area contributed by atoms with E-state index >= 15 is 0 Å². The molecule has 0 spiro atoms. The number of hydrogen-bond donors (Lipinski definition) is 2. The molecule has 1 saturated heterocycles. The third-order valence-electron chi connectivity index (χ3n) is 6.30. The van der Waals surface area contributed by atoms with Crippen molar-refractivity contribution in [1.82, 2.24) is 0 Å². The van der Waals surface area contributed by atoms with Crippen molar-refractivity contribution < 1.29 is 9.47 Å². The number of nitrogens with two attached hydrogens (primary N) is 1. The van der Waals surface area contributed by atoms with Crippen molar-refractivity contribution in [1.29, 1.82) is 0 Å². The lowest BCUT2D eigenvalue weighted by atomic mass is 9.99. The Morgan fingerprint density at radius 1 is 0.839 bits per heavy atom. The summed E-state index contributed by atoms with van der Waals surface area (Å²) < 4.78 is 12.4. The maximum absolute atomic E-state index is 6.51. The molecule has 3 N–H and O–H groups in total. The van der Waals surface area contributed by atoms with E-state index in [4.69, 9.17) is 15.2 Å². The van der Waals surface area contributed by atoms with Crippen molar-refractivity contribution in [3.8, 4) is 0 Å². The molecule has 0 unspecified atom stereocenters. The molecule has 1 fully saturated rings. The summed E-state index contributed by atoms with van der Waals surface area (Å²) in [6.45, 7) is 6.97. The van der Waals surface area contributed by atoms with E-state index < -0.39 is 5.79 Å². The van der Waals surface area contributed by atoms with Gasteiger partial charge < -0.3 is 20.5 Å². The third-order valence-corrected chi connectivity index (χ3v) is 6.30. The molecule has 0 saturated carbocycles. The first-order valence-corrected chi connectivity index (χ1v) is 12.9. The van der Waals surface area contributed by atoms with Crippen molar-refractivity contribution in [3.05, 3.63) is 30.3 Å². The zero-order chi connectivity index (χ0) is 22.4. The topological polar surface area (TPSA) is 56.5 Å². The van der Waals surface area contributed by atoms with Gasteiger partial charge in [-0.05, 0) is 32.4 Å². The number of hydrogen-bond acceptors (Lipinski definition) is 4. The molecule has 2 rings (SSSR count). The fourth-order valence-corrected chi connectivity index (χ4v) is 4.54. The van der Waals surface area contributed by atoms with Gasteiger partial charge in [-0.2, -0.15) is 0 Å². The van der Waals surface area contributed by atoms with Crippen molar-refractivity contribution in [2.24, 2.45) is 5.73 Å². The molecule has 3 atom stereocenters. The molecule has 1 aromatic carbocycles. The van der Waals surface area contributed by atoms with E-state index in [1.165, 1.54) is 77.0 Å². The largest absolute Gasteiger partial charge is 0.383 e. The van der Waals surface area contributed by atoms with Crippen LogP contribution in [0.25, 0.3) is 0 Å². The quantitative estimate of drug-likeness (QED) is 0.259. The van der Waals surface area contributed by atoms with Gasteiger partial charge in [0.25, 0.3) is 0 Å². The summed E-state index contributed by atoms with van der Waals surface area (Å²) in [5.74, 6) is -0.545. The number of nitrogens with one attached hydrogen (secondary N) is 1. The maximum atomic E-state index is 6.51. The van der Waals surface area contributed by atoms with E-state index in [0.29, 0.717) is 6.54 Å². The molecule has 1 aliphatic heterocycles. The van der Waals surface area contributed by atoms with Gasteiger partial charge in [0.15, 0.2) is 5.79 Å². The van der Waals surface area contributed by atoms with Crippen LogP contribution in [0.5, 0.6) is 0 Å². The second kappa shape index (κ2) is 14.9. The van der Waals surface area contributed by atoms with E-state index in [1.807, 2.05) is 32.0 Å². The monoisotopic (exact) mass is 432 g/mol. The number of ether oxygens (including phenoxy) is 2. The molecule has 1 aromatic rings. The summed E-state index contributed by atoms with van der Waals surface area (Å²) in [6.07, 6.45) is 17.5. The molecule has 31 heavy (non-hydrogen) atoms. The van der Waals surface area contributed by atoms with Crippen LogP contribution in [0, 0.1) is 0 Å². The first-order valence-electron chi connectivity index (χ1n) is 12.9. The Hall–Kier alpha value is -1.10. The Morgan fingerprint density at radius 3 is 1.97 bits per heavy atom. The van der Waals surface area contributed by atoms with Gasteiger partial charge >= 0.3 is 0 Å². The standard InChI is InChI=1S/C27H48N2O2/c1-4-5-6-7-8-9-10-11-12-13-14-18-21-25-26(31-27(2,3)30-25)24(28)22-29-23-19-16-15-17-20-23/h15-17,19-20,24-26,29H,4-14,18,21-22,28H2,1-3H3/t24-,25+,26-/m0/s1. The summed E-state index contributed by atoms with van der Waals surface area (Å²) in [6, 6.07) is 10.1. The fraction of sp³-hybridized carbons (Fsp3) is 0.778. The van der Waals surface area contributed by atoms with E-state index in [0.717, 1.165) is 12.1 Å². The van der Waals surface area contributed by atoms with Crippen LogP contribution in [0.2, 0.25) is 0 Å². The predicted octanol–water partition coefficient (Wildman–Crippen LogP) is 7.04. The molecule has 0 aliphatic carbocycles. The molecule has 4 nitrogen and oxygen atoms in total. The minimum absolute atomic E-state index is 0.0566. The van der Waals surface area contributed by atoms with Crippen molar-refractivity contribution >= 4 is 5.69 Å². The Bertz CT molecular complexity index is 564. The highest BCUT2D eigenvalue weighted by Gasteiger charge is 2.43. The van der Waals surface area contributed by atoms with Crippen LogP contribution in [0.3, 0.4) is 0 Å². The van der Waals surface area contributed by atoms with Crippen LogP contribution in [-0.4, -0.2) is 30.6 Å². The van der Waals surface area contributed by atoms with Gasteiger partial charge in [0, 0.05) is 12.2 Å². The zero-order valence-corrected chi connectivity index (χ0v) is 20.4. The Balaban J connectivity index is 1.57. The van der Waals surface area contributed by atoms with Crippen LogP contribution in [0.1, 0.15) is 104 Å². The highest BCUT2D eigenvalue weighted by Crippen LogP contribution is 2.32. The van der Waals surface area contributed by atoms with E-state index in [1.54, 1.807) is 0 Å². The molecule has 0 aromatic heterocycles. The lowest BCUT2D eigenvalue weighted by molar-refractivity contribution is -0.148. The smallest absolute Gasteiger partial charge is 0.163 e. The van der Waals surface area contributed by atoms with E-state index in [-0.39, 0.29) is 18.2 Å². The fourth-order valence-electron chi connectivity index (χ4n) is 4.54. The summed E-state index contributed by atoms with van der Waals surface area (Å²) in [7, 11) is 0. The summed E-state index contributed by atoms with van der Waals surface area (Å²) >= 11 is 0. The Morgan fingerprint density at radius 2 is 1.39 bits per heavy atom. The van der Waals surface area contributed by atoms with Crippen molar-refractivity contribution in [3.63, 3.8) is 0 Å². The molecule has 4 heteroatoms. The zero-order valence-electron chi connectivity index (χ0n) is 20.4. The average Bonchev–Trinajstić information content (AvgIpc) is 3.08. The molecule has 0 bridgehead atoms. The average molecular weight is 433 g/mol. The van der Waals surface area contributed by atoms with Crippen LogP contribution in [-0.2, 0) is 9.47 Å².